The third kappa shape index (κ3) is 4.79. The fraction of sp³-hybridized carbons (Fsp3) is 0.435. The first-order valence-electron chi connectivity index (χ1n) is 10.4. The molecule has 1 amide bonds. The van der Waals surface area contributed by atoms with Gasteiger partial charge in [0.05, 0.1) is 0 Å². The summed E-state index contributed by atoms with van der Waals surface area (Å²) in [6.07, 6.45) is 0. The molecule has 0 atom stereocenters. The molecule has 2 heterocycles. The zero-order valence-corrected chi connectivity index (χ0v) is 17.2. The number of nitrogens with zero attached hydrogens (tertiary/aromatic N) is 3. The van der Waals surface area contributed by atoms with Crippen LogP contribution in [0.1, 0.15) is 23.6 Å². The van der Waals surface area contributed by atoms with Crippen LogP contribution in [-0.4, -0.2) is 59.9 Å². The minimum absolute atomic E-state index is 0.0976. The van der Waals surface area contributed by atoms with Crippen molar-refractivity contribution >= 4 is 5.91 Å². The molecular formula is C23H27F2N3O2. The Morgan fingerprint density at radius 2 is 1.70 bits per heavy atom. The molecule has 2 aliphatic rings. The average Bonchev–Trinajstić information content (AvgIpc) is 2.92. The second kappa shape index (κ2) is 9.10. The highest BCUT2D eigenvalue weighted by Gasteiger charge is 2.21. The predicted molar refractivity (Wildman–Crippen MR) is 110 cm³/mol. The Morgan fingerprint density at radius 1 is 0.967 bits per heavy atom. The lowest BCUT2D eigenvalue weighted by Gasteiger charge is -2.34. The third-order valence-corrected chi connectivity index (χ3v) is 5.85. The molecule has 1 saturated heterocycles. The zero-order chi connectivity index (χ0) is 21.1. The van der Waals surface area contributed by atoms with E-state index in [1.165, 1.54) is 23.8 Å². The summed E-state index contributed by atoms with van der Waals surface area (Å²) in [5, 5.41) is 0. The number of piperazine rings is 1. The number of ether oxygens (including phenoxy) is 1. The van der Waals surface area contributed by atoms with E-state index in [0.29, 0.717) is 19.7 Å². The van der Waals surface area contributed by atoms with Gasteiger partial charge in [0, 0.05) is 70.4 Å². The SMILES string of the molecule is CC(=O)N1CCN(Cc2ccc3c(c2)CN(Cc2c(F)cccc2F)CCO3)CC1. The fourth-order valence-electron chi connectivity index (χ4n) is 4.12. The van der Waals surface area contributed by atoms with Crippen LogP contribution < -0.4 is 4.74 Å². The Kier molecular flexibility index (Phi) is 6.29. The summed E-state index contributed by atoms with van der Waals surface area (Å²) < 4.78 is 34.0. The number of hydrogen-bond donors (Lipinski definition) is 0. The van der Waals surface area contributed by atoms with Crippen LogP contribution in [0.15, 0.2) is 36.4 Å². The number of amides is 1. The molecular weight excluding hydrogens is 388 g/mol. The molecule has 160 valence electrons. The van der Waals surface area contributed by atoms with E-state index < -0.39 is 11.6 Å². The van der Waals surface area contributed by atoms with Crippen molar-refractivity contribution in [3.05, 3.63) is 64.7 Å². The number of carbonyl (C=O) groups is 1. The molecule has 0 spiro atoms. The number of fused-ring (bicyclic) bond motifs is 1. The number of rotatable bonds is 4. The number of halogens is 2. The fourth-order valence-corrected chi connectivity index (χ4v) is 4.12. The summed E-state index contributed by atoms with van der Waals surface area (Å²) >= 11 is 0. The third-order valence-electron chi connectivity index (χ3n) is 5.85. The summed E-state index contributed by atoms with van der Waals surface area (Å²) in [6, 6.07) is 10.2. The lowest BCUT2D eigenvalue weighted by Crippen LogP contribution is -2.47. The van der Waals surface area contributed by atoms with Gasteiger partial charge in [0.15, 0.2) is 0 Å². The van der Waals surface area contributed by atoms with Crippen molar-refractivity contribution in [2.75, 3.05) is 39.3 Å². The molecule has 0 radical (unpaired) electrons. The van der Waals surface area contributed by atoms with Crippen LogP contribution in [0.25, 0.3) is 0 Å². The molecule has 2 aromatic carbocycles. The molecule has 0 aliphatic carbocycles. The zero-order valence-electron chi connectivity index (χ0n) is 17.2. The van der Waals surface area contributed by atoms with E-state index >= 15 is 0 Å². The van der Waals surface area contributed by atoms with E-state index in [1.807, 2.05) is 15.9 Å². The monoisotopic (exact) mass is 415 g/mol. The Morgan fingerprint density at radius 3 is 2.40 bits per heavy atom. The summed E-state index contributed by atoms with van der Waals surface area (Å²) in [7, 11) is 0. The molecule has 0 saturated carbocycles. The number of hydrogen-bond acceptors (Lipinski definition) is 4. The molecule has 7 heteroatoms. The van der Waals surface area contributed by atoms with Crippen LogP contribution in [0.3, 0.4) is 0 Å². The van der Waals surface area contributed by atoms with Gasteiger partial charge in [-0.05, 0) is 29.8 Å². The molecule has 0 aromatic heterocycles. The van der Waals surface area contributed by atoms with Crippen LogP contribution in [0.5, 0.6) is 5.75 Å². The molecule has 0 N–H and O–H groups in total. The maximum Gasteiger partial charge on any atom is 0.219 e. The molecule has 1 fully saturated rings. The number of benzene rings is 2. The highest BCUT2D eigenvalue weighted by molar-refractivity contribution is 5.73. The summed E-state index contributed by atoms with van der Waals surface area (Å²) in [5.74, 6) is -0.0717. The van der Waals surface area contributed by atoms with E-state index in [9.17, 15) is 13.6 Å². The molecule has 0 bridgehead atoms. The van der Waals surface area contributed by atoms with E-state index in [0.717, 1.165) is 44.0 Å². The second-order valence-corrected chi connectivity index (χ2v) is 7.98. The minimum Gasteiger partial charge on any atom is -0.492 e. The molecule has 5 nitrogen and oxygen atoms in total. The average molecular weight is 415 g/mol. The van der Waals surface area contributed by atoms with Crippen LogP contribution in [0.2, 0.25) is 0 Å². The van der Waals surface area contributed by atoms with Gasteiger partial charge in [-0.3, -0.25) is 14.6 Å². The van der Waals surface area contributed by atoms with Gasteiger partial charge in [0.25, 0.3) is 0 Å². The molecule has 2 aromatic rings. The van der Waals surface area contributed by atoms with Crippen molar-refractivity contribution in [3.8, 4) is 5.75 Å². The van der Waals surface area contributed by atoms with E-state index in [2.05, 4.69) is 17.0 Å². The second-order valence-electron chi connectivity index (χ2n) is 7.98. The first-order valence-corrected chi connectivity index (χ1v) is 10.4. The Hall–Kier alpha value is -2.51. The van der Waals surface area contributed by atoms with Gasteiger partial charge < -0.3 is 9.64 Å². The van der Waals surface area contributed by atoms with Gasteiger partial charge in [-0.25, -0.2) is 8.78 Å². The van der Waals surface area contributed by atoms with Gasteiger partial charge in [0.2, 0.25) is 5.91 Å². The van der Waals surface area contributed by atoms with Gasteiger partial charge in [0.1, 0.15) is 24.0 Å². The van der Waals surface area contributed by atoms with Crippen molar-refractivity contribution in [2.45, 2.75) is 26.6 Å². The molecule has 4 rings (SSSR count). The largest absolute Gasteiger partial charge is 0.492 e. The first-order chi connectivity index (χ1) is 14.5. The van der Waals surface area contributed by atoms with Gasteiger partial charge >= 0.3 is 0 Å². The normalized spacial score (nSPS) is 17.9. The molecule has 0 unspecified atom stereocenters. The van der Waals surface area contributed by atoms with Crippen molar-refractivity contribution in [1.82, 2.24) is 14.7 Å². The maximum atomic E-state index is 14.1. The lowest BCUT2D eigenvalue weighted by atomic mass is 10.1. The Labute approximate surface area is 175 Å². The van der Waals surface area contributed by atoms with Crippen LogP contribution >= 0.6 is 0 Å². The predicted octanol–water partition coefficient (Wildman–Crippen LogP) is 3.02. The van der Waals surface area contributed by atoms with Gasteiger partial charge in [-0.1, -0.05) is 12.1 Å². The van der Waals surface area contributed by atoms with E-state index in [4.69, 9.17) is 4.74 Å². The highest BCUT2D eigenvalue weighted by atomic mass is 19.1. The minimum atomic E-state index is -0.515. The smallest absolute Gasteiger partial charge is 0.219 e. The van der Waals surface area contributed by atoms with Crippen molar-refractivity contribution in [2.24, 2.45) is 0 Å². The standard InChI is InChI=1S/C23H27F2N3O2/c1-17(29)28-9-7-26(8-10-28)14-18-5-6-23-19(13-18)15-27(11-12-30-23)16-20-21(24)3-2-4-22(20)25/h2-6,13H,7-12,14-16H2,1H3. The van der Waals surface area contributed by atoms with Crippen LogP contribution in [0.4, 0.5) is 8.78 Å². The molecule has 2 aliphatic heterocycles. The van der Waals surface area contributed by atoms with E-state index in [1.54, 1.807) is 6.92 Å². The lowest BCUT2D eigenvalue weighted by molar-refractivity contribution is -0.130. The van der Waals surface area contributed by atoms with Crippen molar-refractivity contribution in [1.29, 1.82) is 0 Å². The van der Waals surface area contributed by atoms with Gasteiger partial charge in [-0.2, -0.15) is 0 Å². The topological polar surface area (TPSA) is 36.0 Å². The summed E-state index contributed by atoms with van der Waals surface area (Å²) in [6.45, 7) is 7.50. The van der Waals surface area contributed by atoms with Gasteiger partial charge in [-0.15, -0.1) is 0 Å². The number of carbonyl (C=O) groups excluding carboxylic acids is 1. The quantitative estimate of drug-likeness (QED) is 0.769. The Bertz CT molecular complexity index is 893. The highest BCUT2D eigenvalue weighted by Crippen LogP contribution is 2.27. The summed E-state index contributed by atoms with van der Waals surface area (Å²) in [4.78, 5) is 17.7. The van der Waals surface area contributed by atoms with Crippen LogP contribution in [-0.2, 0) is 24.4 Å². The Balaban J connectivity index is 1.43. The van der Waals surface area contributed by atoms with E-state index in [-0.39, 0.29) is 18.0 Å². The first kappa shape index (κ1) is 20.8. The maximum absolute atomic E-state index is 14.1. The van der Waals surface area contributed by atoms with Crippen molar-refractivity contribution in [3.63, 3.8) is 0 Å². The van der Waals surface area contributed by atoms with Crippen molar-refractivity contribution < 1.29 is 18.3 Å². The van der Waals surface area contributed by atoms with Crippen LogP contribution in [0, 0.1) is 11.6 Å². The summed E-state index contributed by atoms with van der Waals surface area (Å²) in [5.41, 5.74) is 2.30. The molecule has 30 heavy (non-hydrogen) atoms.